The van der Waals surface area contributed by atoms with Gasteiger partial charge in [0, 0.05) is 18.9 Å². The van der Waals surface area contributed by atoms with Crippen LogP contribution in [0.5, 0.6) is 0 Å². The summed E-state index contributed by atoms with van der Waals surface area (Å²) in [4.78, 5) is 22.1. The van der Waals surface area contributed by atoms with E-state index in [1.807, 2.05) is 0 Å². The van der Waals surface area contributed by atoms with Crippen LogP contribution in [0.3, 0.4) is 0 Å². The van der Waals surface area contributed by atoms with Crippen LogP contribution in [0.4, 0.5) is 19.0 Å². The van der Waals surface area contributed by atoms with E-state index in [0.29, 0.717) is 25.1 Å². The molecule has 0 radical (unpaired) electrons. The van der Waals surface area contributed by atoms with Gasteiger partial charge in [-0.3, -0.25) is 9.78 Å². The molecule has 12 heteroatoms. The van der Waals surface area contributed by atoms with Gasteiger partial charge in [0.15, 0.2) is 21.5 Å². The average Bonchev–Trinajstić information content (AvgIpc) is 3.24. The average molecular weight is 472 g/mol. The van der Waals surface area contributed by atoms with Crippen LogP contribution in [0.2, 0.25) is 0 Å². The number of halogens is 3. The number of pyridine rings is 2. The standard InChI is InChI=1S/C20H23F3N4O4S/c1-2-32(29,30)16-6-5-14(24-11-16)10-26-19(28)13-8-17(21)18(25-9-13)27-7-3-4-15(27)12-31-20(22)23/h5-6,8-9,11,15,20H,2-4,7,10,12H2,1H3,(H,26,28)/t15-/m0/s1. The van der Waals surface area contributed by atoms with Crippen molar-refractivity contribution in [3.63, 3.8) is 0 Å². The van der Waals surface area contributed by atoms with E-state index in [2.05, 4.69) is 20.0 Å². The first-order valence-electron chi connectivity index (χ1n) is 9.99. The lowest BCUT2D eigenvalue weighted by atomic mass is 10.2. The Morgan fingerprint density at radius 1 is 1.31 bits per heavy atom. The van der Waals surface area contributed by atoms with E-state index in [0.717, 1.165) is 6.07 Å². The van der Waals surface area contributed by atoms with Crippen LogP contribution in [0.25, 0.3) is 0 Å². The smallest absolute Gasteiger partial charge is 0.345 e. The summed E-state index contributed by atoms with van der Waals surface area (Å²) in [6, 6.07) is 3.51. The molecule has 0 spiro atoms. The zero-order chi connectivity index (χ0) is 23.3. The van der Waals surface area contributed by atoms with E-state index in [4.69, 9.17) is 0 Å². The summed E-state index contributed by atoms with van der Waals surface area (Å²) in [5.41, 5.74) is 0.411. The number of anilines is 1. The van der Waals surface area contributed by atoms with Crippen molar-refractivity contribution in [3.8, 4) is 0 Å². The third-order valence-electron chi connectivity index (χ3n) is 5.11. The molecule has 0 unspecified atom stereocenters. The van der Waals surface area contributed by atoms with Crippen molar-refractivity contribution in [1.29, 1.82) is 0 Å². The van der Waals surface area contributed by atoms with Crippen LogP contribution in [-0.2, 0) is 21.1 Å². The lowest BCUT2D eigenvalue weighted by Crippen LogP contribution is -2.35. The summed E-state index contributed by atoms with van der Waals surface area (Å²) in [7, 11) is -3.37. The molecule has 1 saturated heterocycles. The highest BCUT2D eigenvalue weighted by Gasteiger charge is 2.29. The van der Waals surface area contributed by atoms with Crippen molar-refractivity contribution in [1.82, 2.24) is 15.3 Å². The van der Waals surface area contributed by atoms with Crippen molar-refractivity contribution >= 4 is 21.6 Å². The highest BCUT2D eigenvalue weighted by molar-refractivity contribution is 7.91. The van der Waals surface area contributed by atoms with Gasteiger partial charge in [-0.15, -0.1) is 0 Å². The number of hydrogen-bond acceptors (Lipinski definition) is 7. The number of aromatic nitrogens is 2. The topological polar surface area (TPSA) is 101 Å². The van der Waals surface area contributed by atoms with Crippen LogP contribution in [-0.4, -0.2) is 55.9 Å². The first kappa shape index (κ1) is 23.9. The van der Waals surface area contributed by atoms with Gasteiger partial charge in [-0.05, 0) is 31.0 Å². The minimum Gasteiger partial charge on any atom is -0.349 e. The molecule has 2 aromatic heterocycles. The van der Waals surface area contributed by atoms with E-state index >= 15 is 0 Å². The molecule has 3 rings (SSSR count). The molecule has 1 fully saturated rings. The van der Waals surface area contributed by atoms with Gasteiger partial charge in [0.1, 0.15) is 0 Å². The Balaban J connectivity index is 1.62. The number of carbonyl (C=O) groups is 1. The normalized spacial score (nSPS) is 16.5. The number of rotatable bonds is 9. The maximum absolute atomic E-state index is 14.6. The highest BCUT2D eigenvalue weighted by Crippen LogP contribution is 2.27. The number of nitrogens with zero attached hydrogens (tertiary/aromatic N) is 3. The van der Waals surface area contributed by atoms with E-state index in [9.17, 15) is 26.4 Å². The second-order valence-corrected chi connectivity index (χ2v) is 9.46. The van der Waals surface area contributed by atoms with Crippen LogP contribution in [0.15, 0.2) is 35.5 Å². The molecule has 174 valence electrons. The van der Waals surface area contributed by atoms with Crippen molar-refractivity contribution in [2.24, 2.45) is 0 Å². The second kappa shape index (κ2) is 10.3. The third-order valence-corrected chi connectivity index (χ3v) is 6.83. The Morgan fingerprint density at radius 2 is 2.09 bits per heavy atom. The van der Waals surface area contributed by atoms with Gasteiger partial charge in [0.2, 0.25) is 0 Å². The summed E-state index contributed by atoms with van der Waals surface area (Å²) < 4.78 is 67.3. The van der Waals surface area contributed by atoms with Gasteiger partial charge in [-0.1, -0.05) is 6.92 Å². The lowest BCUT2D eigenvalue weighted by molar-refractivity contribution is -0.131. The van der Waals surface area contributed by atoms with Crippen molar-refractivity contribution < 1.29 is 31.1 Å². The maximum Gasteiger partial charge on any atom is 0.345 e. The molecule has 0 bridgehead atoms. The first-order chi connectivity index (χ1) is 15.2. The zero-order valence-corrected chi connectivity index (χ0v) is 18.1. The van der Waals surface area contributed by atoms with Gasteiger partial charge >= 0.3 is 6.61 Å². The molecule has 1 amide bonds. The number of amides is 1. The fourth-order valence-electron chi connectivity index (χ4n) is 3.38. The van der Waals surface area contributed by atoms with Gasteiger partial charge in [0.05, 0.1) is 41.1 Å². The number of hydrogen-bond donors (Lipinski definition) is 1. The van der Waals surface area contributed by atoms with Crippen molar-refractivity contribution in [3.05, 3.63) is 47.7 Å². The molecule has 1 aliphatic heterocycles. The maximum atomic E-state index is 14.6. The molecule has 0 aromatic carbocycles. The Kier molecular flexibility index (Phi) is 7.67. The molecule has 2 aromatic rings. The Morgan fingerprint density at radius 3 is 2.72 bits per heavy atom. The van der Waals surface area contributed by atoms with Crippen molar-refractivity contribution in [2.75, 3.05) is 23.8 Å². The third kappa shape index (κ3) is 5.74. The molecule has 3 heterocycles. The summed E-state index contributed by atoms with van der Waals surface area (Å²) in [6.45, 7) is -1.16. The lowest BCUT2D eigenvalue weighted by Gasteiger charge is -2.25. The minimum absolute atomic E-state index is 0.00776. The van der Waals surface area contributed by atoms with Crippen LogP contribution in [0.1, 0.15) is 35.8 Å². The van der Waals surface area contributed by atoms with Gasteiger partial charge < -0.3 is 15.0 Å². The number of ether oxygens (including phenoxy) is 1. The summed E-state index contributed by atoms with van der Waals surface area (Å²) in [6.07, 6.45) is 3.69. The Hall–Kier alpha value is -2.73. The van der Waals surface area contributed by atoms with Gasteiger partial charge in [0.25, 0.3) is 5.91 Å². The molecule has 32 heavy (non-hydrogen) atoms. The van der Waals surface area contributed by atoms with Crippen LogP contribution >= 0.6 is 0 Å². The number of nitrogens with one attached hydrogen (secondary N) is 1. The van der Waals surface area contributed by atoms with Gasteiger partial charge in [-0.2, -0.15) is 8.78 Å². The van der Waals surface area contributed by atoms with E-state index < -0.39 is 34.2 Å². The SMILES string of the molecule is CCS(=O)(=O)c1ccc(CNC(=O)c2cnc(N3CCC[C@H]3COC(F)F)c(F)c2)nc1. The summed E-state index contributed by atoms with van der Waals surface area (Å²) in [5.74, 6) is -1.39. The fraction of sp³-hybridized carbons (Fsp3) is 0.450. The molecule has 1 atom stereocenters. The Labute approximate surface area is 183 Å². The minimum atomic E-state index is -3.37. The van der Waals surface area contributed by atoms with E-state index in [1.54, 1.807) is 4.90 Å². The van der Waals surface area contributed by atoms with Crippen LogP contribution in [0, 0.1) is 5.82 Å². The van der Waals surface area contributed by atoms with Crippen LogP contribution < -0.4 is 10.2 Å². The predicted molar refractivity (Wildman–Crippen MR) is 110 cm³/mol. The number of alkyl halides is 2. The van der Waals surface area contributed by atoms with E-state index in [-0.39, 0.29) is 35.2 Å². The molecular formula is C20H23F3N4O4S. The van der Waals surface area contributed by atoms with E-state index in [1.165, 1.54) is 31.5 Å². The fourth-order valence-corrected chi connectivity index (χ4v) is 4.20. The molecule has 8 nitrogen and oxygen atoms in total. The number of carbonyl (C=O) groups excluding carboxylic acids is 1. The Bertz CT molecular complexity index is 1050. The molecule has 1 N–H and O–H groups in total. The molecule has 1 aliphatic rings. The van der Waals surface area contributed by atoms with Gasteiger partial charge in [-0.25, -0.2) is 17.8 Å². The first-order valence-corrected chi connectivity index (χ1v) is 11.6. The van der Waals surface area contributed by atoms with Crippen molar-refractivity contribution in [2.45, 2.75) is 43.9 Å². The summed E-state index contributed by atoms with van der Waals surface area (Å²) >= 11 is 0. The molecular weight excluding hydrogens is 449 g/mol. The quantitative estimate of drug-likeness (QED) is 0.599. The molecule has 0 aliphatic carbocycles. The summed E-state index contributed by atoms with van der Waals surface area (Å²) in [5, 5.41) is 2.57. The second-order valence-electron chi connectivity index (χ2n) is 7.18. The largest absolute Gasteiger partial charge is 0.349 e. The number of sulfone groups is 1. The predicted octanol–water partition coefficient (Wildman–Crippen LogP) is 2.55. The monoisotopic (exact) mass is 472 g/mol. The zero-order valence-electron chi connectivity index (χ0n) is 17.3. The molecule has 0 saturated carbocycles. The highest BCUT2D eigenvalue weighted by atomic mass is 32.2.